The van der Waals surface area contributed by atoms with Crippen LogP contribution in [0.15, 0.2) is 53.9 Å². The number of thiophene rings is 1. The molecular formula is C20H23NO3S. The Bertz CT molecular complexity index is 693. The highest BCUT2D eigenvalue weighted by Crippen LogP contribution is 2.35. The van der Waals surface area contributed by atoms with E-state index in [9.17, 15) is 9.90 Å². The number of nitrogens with one attached hydrogen (secondary N) is 1. The summed E-state index contributed by atoms with van der Waals surface area (Å²) in [6.07, 6.45) is 4.87. The van der Waals surface area contributed by atoms with Crippen molar-refractivity contribution in [3.8, 4) is 0 Å². The van der Waals surface area contributed by atoms with E-state index in [1.54, 1.807) is 17.4 Å². The van der Waals surface area contributed by atoms with E-state index in [2.05, 4.69) is 5.32 Å². The average molecular weight is 357 g/mol. The van der Waals surface area contributed by atoms with Crippen LogP contribution in [0.2, 0.25) is 0 Å². The van der Waals surface area contributed by atoms with E-state index in [1.807, 2.05) is 47.8 Å². The molecule has 0 aliphatic carbocycles. The molecule has 4 nitrogen and oxygen atoms in total. The smallest absolute Gasteiger partial charge is 0.244 e. The van der Waals surface area contributed by atoms with Crippen molar-refractivity contribution in [2.75, 3.05) is 19.8 Å². The summed E-state index contributed by atoms with van der Waals surface area (Å²) < 4.78 is 5.43. The average Bonchev–Trinajstić information content (AvgIpc) is 3.19. The SMILES string of the molecule is O=C(/C=C/c1cccs1)NCC(O)(c1ccccc1)C1CCOCC1. The number of carbonyl (C=O) groups excluding carboxylic acids is 1. The Balaban J connectivity index is 1.70. The maximum atomic E-state index is 12.2. The van der Waals surface area contributed by atoms with Crippen molar-refractivity contribution in [3.05, 3.63) is 64.4 Å². The zero-order valence-corrected chi connectivity index (χ0v) is 14.9. The largest absolute Gasteiger partial charge is 0.383 e. The lowest BCUT2D eigenvalue weighted by Gasteiger charge is -2.39. The Labute approximate surface area is 152 Å². The van der Waals surface area contributed by atoms with Crippen molar-refractivity contribution in [1.82, 2.24) is 5.32 Å². The Hall–Kier alpha value is -1.95. The zero-order valence-electron chi connectivity index (χ0n) is 14.1. The number of hydrogen-bond acceptors (Lipinski definition) is 4. The van der Waals surface area contributed by atoms with Crippen molar-refractivity contribution in [1.29, 1.82) is 0 Å². The quantitative estimate of drug-likeness (QED) is 0.781. The summed E-state index contributed by atoms with van der Waals surface area (Å²) in [4.78, 5) is 13.2. The van der Waals surface area contributed by atoms with Gasteiger partial charge in [-0.15, -0.1) is 11.3 Å². The number of rotatable bonds is 6. The number of hydrogen-bond donors (Lipinski definition) is 2. The minimum absolute atomic E-state index is 0.0604. The summed E-state index contributed by atoms with van der Waals surface area (Å²) in [5.74, 6) is -0.139. The van der Waals surface area contributed by atoms with E-state index in [0.29, 0.717) is 13.2 Å². The molecule has 2 heterocycles. The summed E-state index contributed by atoms with van der Waals surface area (Å²) in [6.45, 7) is 1.48. The Morgan fingerprint density at radius 3 is 2.68 bits per heavy atom. The molecule has 0 radical (unpaired) electrons. The molecule has 1 aliphatic rings. The summed E-state index contributed by atoms with van der Waals surface area (Å²) >= 11 is 1.58. The lowest BCUT2D eigenvalue weighted by molar-refractivity contribution is -0.119. The Morgan fingerprint density at radius 2 is 2.00 bits per heavy atom. The molecule has 2 aromatic rings. The molecule has 1 aromatic carbocycles. The fraction of sp³-hybridized carbons (Fsp3) is 0.350. The van der Waals surface area contributed by atoms with Crippen LogP contribution in [0.25, 0.3) is 6.08 Å². The first-order valence-electron chi connectivity index (χ1n) is 8.53. The normalized spacial score (nSPS) is 18.1. The third kappa shape index (κ3) is 4.57. The van der Waals surface area contributed by atoms with Gasteiger partial charge in [0.2, 0.25) is 5.91 Å². The minimum atomic E-state index is -1.09. The predicted molar refractivity (Wildman–Crippen MR) is 100 cm³/mol. The molecule has 5 heteroatoms. The Kier molecular flexibility index (Phi) is 6.02. The molecule has 1 fully saturated rings. The van der Waals surface area contributed by atoms with E-state index >= 15 is 0 Å². The monoisotopic (exact) mass is 357 g/mol. The number of amides is 1. The molecule has 0 bridgehead atoms. The van der Waals surface area contributed by atoms with Gasteiger partial charge in [-0.2, -0.15) is 0 Å². The second kappa shape index (κ2) is 8.43. The predicted octanol–water partition coefficient (Wildman–Crippen LogP) is 3.19. The fourth-order valence-electron chi connectivity index (χ4n) is 3.21. The minimum Gasteiger partial charge on any atom is -0.383 e. The van der Waals surface area contributed by atoms with Crippen LogP contribution in [-0.4, -0.2) is 30.8 Å². The summed E-state index contributed by atoms with van der Waals surface area (Å²) in [5, 5.41) is 16.3. The van der Waals surface area contributed by atoms with E-state index in [1.165, 1.54) is 6.08 Å². The van der Waals surface area contributed by atoms with Gasteiger partial charge in [0.25, 0.3) is 0 Å². The van der Waals surface area contributed by atoms with Crippen LogP contribution in [-0.2, 0) is 15.1 Å². The van der Waals surface area contributed by atoms with Gasteiger partial charge < -0.3 is 15.2 Å². The molecule has 1 aliphatic heterocycles. The first-order valence-corrected chi connectivity index (χ1v) is 9.41. The molecule has 1 amide bonds. The standard InChI is InChI=1S/C20H23NO3S/c22-19(9-8-18-7-4-14-25-18)21-15-20(23,16-5-2-1-3-6-16)17-10-12-24-13-11-17/h1-9,14,17,23H,10-13,15H2,(H,21,22)/b9-8+. The zero-order chi connectivity index (χ0) is 17.5. The van der Waals surface area contributed by atoms with Crippen molar-refractivity contribution in [2.45, 2.75) is 18.4 Å². The molecule has 1 saturated heterocycles. The van der Waals surface area contributed by atoms with Gasteiger partial charge in [-0.3, -0.25) is 4.79 Å². The van der Waals surface area contributed by atoms with Crippen molar-refractivity contribution in [3.63, 3.8) is 0 Å². The van der Waals surface area contributed by atoms with Gasteiger partial charge in [-0.05, 0) is 41.8 Å². The molecule has 132 valence electrons. The molecule has 0 spiro atoms. The third-order valence-electron chi connectivity index (χ3n) is 4.64. The summed E-state index contributed by atoms with van der Waals surface area (Å²) in [7, 11) is 0. The van der Waals surface area contributed by atoms with E-state index < -0.39 is 5.60 Å². The molecular weight excluding hydrogens is 334 g/mol. The maximum absolute atomic E-state index is 12.2. The molecule has 0 saturated carbocycles. The van der Waals surface area contributed by atoms with Gasteiger partial charge in [0.1, 0.15) is 5.60 Å². The van der Waals surface area contributed by atoms with Gasteiger partial charge in [0.15, 0.2) is 0 Å². The van der Waals surface area contributed by atoms with Crippen LogP contribution >= 0.6 is 11.3 Å². The molecule has 1 unspecified atom stereocenters. The fourth-order valence-corrected chi connectivity index (χ4v) is 3.83. The van der Waals surface area contributed by atoms with Gasteiger partial charge in [0.05, 0.1) is 6.54 Å². The highest BCUT2D eigenvalue weighted by atomic mass is 32.1. The van der Waals surface area contributed by atoms with Crippen molar-refractivity contribution >= 4 is 23.3 Å². The molecule has 2 N–H and O–H groups in total. The van der Waals surface area contributed by atoms with Crippen molar-refractivity contribution in [2.24, 2.45) is 5.92 Å². The second-order valence-electron chi connectivity index (χ2n) is 6.24. The van der Waals surface area contributed by atoms with Gasteiger partial charge >= 0.3 is 0 Å². The lowest BCUT2D eigenvalue weighted by Crippen LogP contribution is -2.47. The number of aliphatic hydroxyl groups is 1. The van der Waals surface area contributed by atoms with Gasteiger partial charge in [-0.1, -0.05) is 36.4 Å². The molecule has 25 heavy (non-hydrogen) atoms. The van der Waals surface area contributed by atoms with Crippen LogP contribution in [0.4, 0.5) is 0 Å². The van der Waals surface area contributed by atoms with Crippen LogP contribution in [0.5, 0.6) is 0 Å². The summed E-state index contributed by atoms with van der Waals surface area (Å²) in [5.41, 5.74) is -0.248. The van der Waals surface area contributed by atoms with E-state index in [-0.39, 0.29) is 18.4 Å². The number of ether oxygens (including phenoxy) is 1. The summed E-state index contributed by atoms with van der Waals surface area (Å²) in [6, 6.07) is 13.5. The molecule has 3 rings (SSSR count). The van der Waals surface area contributed by atoms with Gasteiger partial charge in [-0.25, -0.2) is 0 Å². The first-order chi connectivity index (χ1) is 12.2. The second-order valence-corrected chi connectivity index (χ2v) is 7.22. The van der Waals surface area contributed by atoms with Crippen molar-refractivity contribution < 1.29 is 14.6 Å². The number of carbonyl (C=O) groups is 1. The van der Waals surface area contributed by atoms with E-state index in [4.69, 9.17) is 4.74 Å². The van der Waals surface area contributed by atoms with Crippen LogP contribution in [0.1, 0.15) is 23.3 Å². The molecule has 1 aromatic heterocycles. The highest BCUT2D eigenvalue weighted by Gasteiger charge is 2.39. The topological polar surface area (TPSA) is 58.6 Å². The lowest BCUT2D eigenvalue weighted by atomic mass is 9.77. The maximum Gasteiger partial charge on any atom is 0.244 e. The number of benzene rings is 1. The molecule has 1 atom stereocenters. The van der Waals surface area contributed by atoms with E-state index in [0.717, 1.165) is 23.3 Å². The third-order valence-corrected chi connectivity index (χ3v) is 5.48. The van der Waals surface area contributed by atoms with Gasteiger partial charge in [0, 0.05) is 24.2 Å². The highest BCUT2D eigenvalue weighted by molar-refractivity contribution is 7.10. The first kappa shape index (κ1) is 17.9. The van der Waals surface area contributed by atoms with Crippen LogP contribution in [0, 0.1) is 5.92 Å². The van der Waals surface area contributed by atoms with Crippen LogP contribution < -0.4 is 5.32 Å². The Morgan fingerprint density at radius 1 is 1.24 bits per heavy atom. The van der Waals surface area contributed by atoms with Crippen LogP contribution in [0.3, 0.4) is 0 Å².